The Balaban J connectivity index is 1.62. The summed E-state index contributed by atoms with van der Waals surface area (Å²) < 4.78 is 5.29. The molecule has 2 aromatic heterocycles. The first kappa shape index (κ1) is 13.2. The lowest BCUT2D eigenvalue weighted by Gasteiger charge is -2.07. The Morgan fingerprint density at radius 1 is 1.45 bits per heavy atom. The van der Waals surface area contributed by atoms with Crippen molar-refractivity contribution < 1.29 is 9.53 Å². The number of aromatic nitrogens is 2. The number of ether oxygens (including phenoxy) is 1. The molecule has 5 nitrogen and oxygen atoms in total. The summed E-state index contributed by atoms with van der Waals surface area (Å²) in [5.41, 5.74) is 1.45. The number of carbonyl (C=O) groups is 1. The van der Waals surface area contributed by atoms with Gasteiger partial charge in [0.25, 0.3) is 5.91 Å². The summed E-state index contributed by atoms with van der Waals surface area (Å²) in [5, 5.41) is 5.54. The van der Waals surface area contributed by atoms with E-state index in [9.17, 15) is 4.79 Å². The van der Waals surface area contributed by atoms with Crippen LogP contribution in [0, 0.1) is 5.92 Å². The molecule has 0 aromatic carbocycles. The van der Waals surface area contributed by atoms with Crippen LogP contribution in [0.5, 0.6) is 0 Å². The van der Waals surface area contributed by atoms with Crippen molar-refractivity contribution in [3.63, 3.8) is 0 Å². The molecule has 1 fully saturated rings. The normalized spacial score (nSPS) is 18.1. The molecule has 0 unspecified atom stereocenters. The summed E-state index contributed by atoms with van der Waals surface area (Å²) in [6, 6.07) is 3.77. The third-order valence-electron chi connectivity index (χ3n) is 3.24. The molecule has 0 bridgehead atoms. The minimum Gasteiger partial charge on any atom is -0.381 e. The fourth-order valence-electron chi connectivity index (χ4n) is 2.08. The van der Waals surface area contributed by atoms with Crippen LogP contribution in [0.4, 0.5) is 0 Å². The average molecular weight is 289 g/mol. The van der Waals surface area contributed by atoms with Gasteiger partial charge in [-0.25, -0.2) is 4.98 Å². The topological polar surface area (TPSA) is 64.1 Å². The van der Waals surface area contributed by atoms with Gasteiger partial charge in [-0.05, 0) is 18.6 Å². The van der Waals surface area contributed by atoms with Gasteiger partial charge in [-0.3, -0.25) is 9.78 Å². The molecule has 0 saturated carbocycles. The van der Waals surface area contributed by atoms with Gasteiger partial charge in [0.05, 0.1) is 6.61 Å². The molecule has 6 heteroatoms. The standard InChI is InChI=1S/C14H15N3O2S/c18-13(16-7-10-3-6-19-8-10)12-9-20-14(17-12)11-1-4-15-5-2-11/h1-2,4-5,9-10H,3,6-8H2,(H,16,18)/t10-/m0/s1. The van der Waals surface area contributed by atoms with Crippen molar-refractivity contribution in [1.82, 2.24) is 15.3 Å². The molecule has 2 aromatic rings. The van der Waals surface area contributed by atoms with Crippen molar-refractivity contribution in [2.45, 2.75) is 6.42 Å². The number of rotatable bonds is 4. The number of hydrogen-bond acceptors (Lipinski definition) is 5. The lowest BCUT2D eigenvalue weighted by atomic mass is 10.1. The Morgan fingerprint density at radius 2 is 2.30 bits per heavy atom. The summed E-state index contributed by atoms with van der Waals surface area (Å²) in [4.78, 5) is 20.4. The zero-order valence-corrected chi connectivity index (χ0v) is 11.7. The van der Waals surface area contributed by atoms with E-state index in [4.69, 9.17) is 4.74 Å². The molecule has 1 atom stereocenters. The van der Waals surface area contributed by atoms with E-state index in [1.165, 1.54) is 11.3 Å². The second-order valence-electron chi connectivity index (χ2n) is 4.71. The van der Waals surface area contributed by atoms with E-state index in [1.807, 2.05) is 12.1 Å². The van der Waals surface area contributed by atoms with Crippen LogP contribution in [-0.4, -0.2) is 35.6 Å². The second kappa shape index (κ2) is 6.11. The van der Waals surface area contributed by atoms with E-state index in [1.54, 1.807) is 17.8 Å². The molecule has 0 spiro atoms. The highest BCUT2D eigenvalue weighted by molar-refractivity contribution is 7.13. The first-order valence-corrected chi connectivity index (χ1v) is 7.43. The van der Waals surface area contributed by atoms with Gasteiger partial charge in [-0.1, -0.05) is 0 Å². The fourth-order valence-corrected chi connectivity index (χ4v) is 2.88. The van der Waals surface area contributed by atoms with E-state index in [0.717, 1.165) is 30.2 Å². The maximum Gasteiger partial charge on any atom is 0.270 e. The molecule has 3 heterocycles. The molecular weight excluding hydrogens is 274 g/mol. The Labute approximate surface area is 121 Å². The quantitative estimate of drug-likeness (QED) is 0.934. The van der Waals surface area contributed by atoms with E-state index >= 15 is 0 Å². The molecule has 0 aliphatic carbocycles. The highest BCUT2D eigenvalue weighted by atomic mass is 32.1. The van der Waals surface area contributed by atoms with Gasteiger partial charge in [-0.2, -0.15) is 0 Å². The molecule has 104 valence electrons. The second-order valence-corrected chi connectivity index (χ2v) is 5.57. The smallest absolute Gasteiger partial charge is 0.270 e. The minimum absolute atomic E-state index is 0.117. The largest absolute Gasteiger partial charge is 0.381 e. The van der Waals surface area contributed by atoms with Crippen LogP contribution in [-0.2, 0) is 4.74 Å². The lowest BCUT2D eigenvalue weighted by Crippen LogP contribution is -2.29. The van der Waals surface area contributed by atoms with Gasteiger partial charge in [-0.15, -0.1) is 11.3 Å². The summed E-state index contributed by atoms with van der Waals surface area (Å²) >= 11 is 1.46. The third kappa shape index (κ3) is 3.02. The van der Waals surface area contributed by atoms with Crippen LogP contribution >= 0.6 is 11.3 Å². The van der Waals surface area contributed by atoms with Crippen LogP contribution in [0.2, 0.25) is 0 Å². The third-order valence-corrected chi connectivity index (χ3v) is 4.13. The number of pyridine rings is 1. The monoisotopic (exact) mass is 289 g/mol. The summed E-state index contributed by atoms with van der Waals surface area (Å²) in [6.45, 7) is 2.18. The van der Waals surface area contributed by atoms with Crippen LogP contribution in [0.25, 0.3) is 10.6 Å². The molecule has 1 aliphatic heterocycles. The molecular formula is C14H15N3O2S. The number of amides is 1. The highest BCUT2D eigenvalue weighted by Crippen LogP contribution is 2.22. The highest BCUT2D eigenvalue weighted by Gasteiger charge is 2.18. The SMILES string of the molecule is O=C(NC[C@@H]1CCOC1)c1csc(-c2ccncc2)n1. The molecule has 1 aliphatic rings. The predicted molar refractivity (Wildman–Crippen MR) is 76.6 cm³/mol. The average Bonchev–Trinajstić information content (AvgIpc) is 3.17. The lowest BCUT2D eigenvalue weighted by molar-refractivity contribution is 0.0941. The van der Waals surface area contributed by atoms with Crippen molar-refractivity contribution in [2.24, 2.45) is 5.92 Å². The van der Waals surface area contributed by atoms with E-state index < -0.39 is 0 Å². The zero-order valence-electron chi connectivity index (χ0n) is 10.9. The Bertz CT molecular complexity index is 579. The maximum atomic E-state index is 12.0. The van der Waals surface area contributed by atoms with Crippen LogP contribution in [0.15, 0.2) is 29.9 Å². The Kier molecular flexibility index (Phi) is 4.03. The first-order chi connectivity index (χ1) is 9.83. The van der Waals surface area contributed by atoms with Gasteiger partial charge < -0.3 is 10.1 Å². The van der Waals surface area contributed by atoms with Crippen LogP contribution < -0.4 is 5.32 Å². The molecule has 3 rings (SSSR count). The van der Waals surface area contributed by atoms with Crippen molar-refractivity contribution >= 4 is 17.2 Å². The molecule has 20 heavy (non-hydrogen) atoms. The van der Waals surface area contributed by atoms with Gasteiger partial charge in [0.2, 0.25) is 0 Å². The van der Waals surface area contributed by atoms with Crippen molar-refractivity contribution in [3.05, 3.63) is 35.6 Å². The van der Waals surface area contributed by atoms with Gasteiger partial charge in [0.15, 0.2) is 0 Å². The first-order valence-electron chi connectivity index (χ1n) is 6.55. The Hall–Kier alpha value is -1.79. The predicted octanol–water partition coefficient (Wildman–Crippen LogP) is 1.97. The summed E-state index contributed by atoms with van der Waals surface area (Å²) in [7, 11) is 0. The summed E-state index contributed by atoms with van der Waals surface area (Å²) in [6.07, 6.45) is 4.45. The van der Waals surface area contributed by atoms with Gasteiger partial charge in [0.1, 0.15) is 10.7 Å². The van der Waals surface area contributed by atoms with Gasteiger partial charge >= 0.3 is 0 Å². The van der Waals surface area contributed by atoms with E-state index in [2.05, 4.69) is 15.3 Å². The number of thiazole rings is 1. The Morgan fingerprint density at radius 3 is 3.05 bits per heavy atom. The number of nitrogens with one attached hydrogen (secondary N) is 1. The zero-order chi connectivity index (χ0) is 13.8. The number of nitrogens with zero attached hydrogens (tertiary/aromatic N) is 2. The van der Waals surface area contributed by atoms with E-state index in [0.29, 0.717) is 18.2 Å². The maximum absolute atomic E-state index is 12.0. The minimum atomic E-state index is -0.117. The van der Waals surface area contributed by atoms with E-state index in [-0.39, 0.29) is 5.91 Å². The molecule has 1 N–H and O–H groups in total. The van der Waals surface area contributed by atoms with Crippen molar-refractivity contribution in [1.29, 1.82) is 0 Å². The molecule has 0 radical (unpaired) electrons. The van der Waals surface area contributed by atoms with Crippen LogP contribution in [0.1, 0.15) is 16.9 Å². The van der Waals surface area contributed by atoms with Gasteiger partial charge in [0, 0.05) is 42.4 Å². The number of hydrogen-bond donors (Lipinski definition) is 1. The number of carbonyl (C=O) groups excluding carboxylic acids is 1. The van der Waals surface area contributed by atoms with Crippen LogP contribution in [0.3, 0.4) is 0 Å². The molecule has 1 amide bonds. The van der Waals surface area contributed by atoms with Crippen molar-refractivity contribution in [2.75, 3.05) is 19.8 Å². The fraction of sp³-hybridized carbons (Fsp3) is 0.357. The molecule has 1 saturated heterocycles. The van der Waals surface area contributed by atoms with Crippen molar-refractivity contribution in [3.8, 4) is 10.6 Å². The summed E-state index contributed by atoms with van der Waals surface area (Å²) in [5.74, 6) is 0.311.